The number of nitrogens with zero attached hydrogens (tertiary/aromatic N) is 3. The maximum absolute atomic E-state index is 11.8. The summed E-state index contributed by atoms with van der Waals surface area (Å²) >= 11 is 1.94. The SMILES string of the molecule is O=C(O)Cn1cc(CNC(=O)CC2CCSCC2)nn1. The van der Waals surface area contributed by atoms with Crippen LogP contribution in [0, 0.1) is 5.92 Å². The molecule has 1 aliphatic rings. The fraction of sp³-hybridized carbons (Fsp3) is 0.667. The Morgan fingerprint density at radius 1 is 1.45 bits per heavy atom. The third-order valence-corrected chi connectivity index (χ3v) is 4.21. The average molecular weight is 298 g/mol. The van der Waals surface area contributed by atoms with Crippen LogP contribution in [0.5, 0.6) is 0 Å². The van der Waals surface area contributed by atoms with Crippen molar-refractivity contribution in [2.75, 3.05) is 11.5 Å². The minimum absolute atomic E-state index is 0.0229. The molecule has 0 bridgehead atoms. The van der Waals surface area contributed by atoms with Crippen molar-refractivity contribution in [1.82, 2.24) is 20.3 Å². The Morgan fingerprint density at radius 3 is 2.90 bits per heavy atom. The highest BCUT2D eigenvalue weighted by molar-refractivity contribution is 7.99. The molecule has 1 saturated heterocycles. The predicted molar refractivity (Wildman–Crippen MR) is 74.2 cm³/mol. The van der Waals surface area contributed by atoms with E-state index < -0.39 is 5.97 Å². The number of amides is 1. The van der Waals surface area contributed by atoms with Crippen LogP contribution in [-0.4, -0.2) is 43.5 Å². The van der Waals surface area contributed by atoms with Gasteiger partial charge in [-0.25, -0.2) is 4.68 Å². The second kappa shape index (κ2) is 7.28. The molecule has 0 aliphatic carbocycles. The first-order valence-corrected chi connectivity index (χ1v) is 7.74. The van der Waals surface area contributed by atoms with Gasteiger partial charge in [0, 0.05) is 6.42 Å². The summed E-state index contributed by atoms with van der Waals surface area (Å²) < 4.78 is 1.24. The smallest absolute Gasteiger partial charge is 0.325 e. The summed E-state index contributed by atoms with van der Waals surface area (Å²) in [5.74, 6) is 1.82. The topological polar surface area (TPSA) is 97.1 Å². The van der Waals surface area contributed by atoms with Gasteiger partial charge < -0.3 is 10.4 Å². The van der Waals surface area contributed by atoms with Crippen LogP contribution in [0.1, 0.15) is 25.0 Å². The molecule has 20 heavy (non-hydrogen) atoms. The van der Waals surface area contributed by atoms with Crippen LogP contribution in [0.3, 0.4) is 0 Å². The van der Waals surface area contributed by atoms with Crippen molar-refractivity contribution in [1.29, 1.82) is 0 Å². The molecule has 2 rings (SSSR count). The van der Waals surface area contributed by atoms with E-state index in [2.05, 4.69) is 15.6 Å². The summed E-state index contributed by atoms with van der Waals surface area (Å²) in [6.07, 6.45) is 4.30. The molecular formula is C12H18N4O3S. The zero-order valence-electron chi connectivity index (χ0n) is 11.1. The van der Waals surface area contributed by atoms with Gasteiger partial charge in [-0.3, -0.25) is 9.59 Å². The van der Waals surface area contributed by atoms with E-state index in [-0.39, 0.29) is 12.5 Å². The van der Waals surface area contributed by atoms with E-state index in [1.54, 1.807) is 0 Å². The van der Waals surface area contributed by atoms with Crippen LogP contribution in [0.25, 0.3) is 0 Å². The predicted octanol–water partition coefficient (Wildman–Crippen LogP) is 0.512. The van der Waals surface area contributed by atoms with Gasteiger partial charge in [-0.2, -0.15) is 11.8 Å². The monoisotopic (exact) mass is 298 g/mol. The summed E-state index contributed by atoms with van der Waals surface area (Å²) in [5.41, 5.74) is 0.568. The van der Waals surface area contributed by atoms with Gasteiger partial charge in [0.2, 0.25) is 5.91 Å². The van der Waals surface area contributed by atoms with Gasteiger partial charge in [-0.15, -0.1) is 5.10 Å². The fourth-order valence-electron chi connectivity index (χ4n) is 2.11. The Bertz CT molecular complexity index is 471. The van der Waals surface area contributed by atoms with Crippen molar-refractivity contribution < 1.29 is 14.7 Å². The zero-order valence-corrected chi connectivity index (χ0v) is 11.9. The fourth-order valence-corrected chi connectivity index (χ4v) is 3.31. The van der Waals surface area contributed by atoms with Crippen LogP contribution < -0.4 is 5.32 Å². The normalized spacial score (nSPS) is 16.0. The van der Waals surface area contributed by atoms with E-state index >= 15 is 0 Å². The molecule has 1 amide bonds. The third-order valence-electron chi connectivity index (χ3n) is 3.16. The molecule has 0 spiro atoms. The van der Waals surface area contributed by atoms with Gasteiger partial charge in [-0.05, 0) is 30.3 Å². The lowest BCUT2D eigenvalue weighted by atomic mass is 9.98. The lowest BCUT2D eigenvalue weighted by molar-refractivity contribution is -0.138. The van der Waals surface area contributed by atoms with Gasteiger partial charge in [-0.1, -0.05) is 5.21 Å². The molecule has 2 heterocycles. The van der Waals surface area contributed by atoms with Crippen LogP contribution >= 0.6 is 11.8 Å². The quantitative estimate of drug-likeness (QED) is 0.794. The van der Waals surface area contributed by atoms with Gasteiger partial charge >= 0.3 is 5.97 Å². The lowest BCUT2D eigenvalue weighted by Crippen LogP contribution is -2.26. The van der Waals surface area contributed by atoms with Crippen LogP contribution in [0.4, 0.5) is 0 Å². The molecule has 8 heteroatoms. The maximum Gasteiger partial charge on any atom is 0.325 e. The Balaban J connectivity index is 1.72. The lowest BCUT2D eigenvalue weighted by Gasteiger charge is -2.20. The van der Waals surface area contributed by atoms with Gasteiger partial charge in [0.15, 0.2) is 0 Å². The standard InChI is InChI=1S/C12H18N4O3S/c17-11(5-9-1-3-20-4-2-9)13-6-10-7-16(15-14-10)8-12(18)19/h7,9H,1-6,8H2,(H,13,17)(H,18,19). The van der Waals surface area contributed by atoms with Crippen molar-refractivity contribution in [3.8, 4) is 0 Å². The number of hydrogen-bond acceptors (Lipinski definition) is 5. The Labute approximate surface area is 121 Å². The van der Waals surface area contributed by atoms with Crippen molar-refractivity contribution >= 4 is 23.6 Å². The van der Waals surface area contributed by atoms with E-state index in [1.165, 1.54) is 10.9 Å². The minimum Gasteiger partial charge on any atom is -0.480 e. The first kappa shape index (κ1) is 14.8. The molecule has 110 valence electrons. The molecule has 1 aromatic rings. The van der Waals surface area contributed by atoms with Crippen molar-refractivity contribution in [3.05, 3.63) is 11.9 Å². The molecule has 7 nitrogen and oxygen atoms in total. The number of carbonyl (C=O) groups excluding carboxylic acids is 1. The molecule has 1 aromatic heterocycles. The second-order valence-corrected chi connectivity index (χ2v) is 6.06. The van der Waals surface area contributed by atoms with Crippen molar-refractivity contribution in [3.63, 3.8) is 0 Å². The number of thioether (sulfide) groups is 1. The highest BCUT2D eigenvalue weighted by Gasteiger charge is 2.17. The van der Waals surface area contributed by atoms with Crippen LogP contribution in [0.15, 0.2) is 6.20 Å². The van der Waals surface area contributed by atoms with Crippen molar-refractivity contribution in [2.45, 2.75) is 32.4 Å². The number of aromatic nitrogens is 3. The number of carboxylic acid groups (broad SMARTS) is 1. The zero-order chi connectivity index (χ0) is 14.4. The number of carbonyl (C=O) groups is 2. The molecule has 0 aromatic carbocycles. The summed E-state index contributed by atoms with van der Waals surface area (Å²) in [7, 11) is 0. The van der Waals surface area contributed by atoms with E-state index in [9.17, 15) is 9.59 Å². The molecular weight excluding hydrogens is 280 g/mol. The first-order valence-electron chi connectivity index (χ1n) is 6.58. The van der Waals surface area contributed by atoms with Crippen LogP contribution in [-0.2, 0) is 22.7 Å². The third kappa shape index (κ3) is 4.84. The summed E-state index contributed by atoms with van der Waals surface area (Å²) in [6.45, 7) is 0.0700. The Kier molecular flexibility index (Phi) is 5.40. The largest absolute Gasteiger partial charge is 0.480 e. The van der Waals surface area contributed by atoms with Gasteiger partial charge in [0.1, 0.15) is 12.2 Å². The van der Waals surface area contributed by atoms with Gasteiger partial charge in [0.25, 0.3) is 0 Å². The second-order valence-electron chi connectivity index (χ2n) is 4.84. The number of rotatable bonds is 6. The van der Waals surface area contributed by atoms with Gasteiger partial charge in [0.05, 0.1) is 12.7 Å². The maximum atomic E-state index is 11.8. The molecule has 0 saturated carbocycles. The van der Waals surface area contributed by atoms with E-state index in [4.69, 9.17) is 5.11 Å². The Hall–Kier alpha value is -1.57. The number of hydrogen-bond donors (Lipinski definition) is 2. The van der Waals surface area contributed by atoms with E-state index in [1.807, 2.05) is 11.8 Å². The van der Waals surface area contributed by atoms with E-state index in [0.717, 1.165) is 24.3 Å². The number of nitrogens with one attached hydrogen (secondary N) is 1. The molecule has 1 aliphatic heterocycles. The molecule has 0 atom stereocenters. The Morgan fingerprint density at radius 2 is 2.20 bits per heavy atom. The minimum atomic E-state index is -0.972. The van der Waals surface area contributed by atoms with Crippen molar-refractivity contribution in [2.24, 2.45) is 5.92 Å². The molecule has 2 N–H and O–H groups in total. The highest BCUT2D eigenvalue weighted by Crippen LogP contribution is 2.24. The molecule has 0 unspecified atom stereocenters. The number of aliphatic carboxylic acids is 1. The summed E-state index contributed by atoms with van der Waals surface area (Å²) in [6, 6.07) is 0. The van der Waals surface area contributed by atoms with Crippen LogP contribution in [0.2, 0.25) is 0 Å². The first-order chi connectivity index (χ1) is 9.63. The van der Waals surface area contributed by atoms with E-state index in [0.29, 0.717) is 24.6 Å². The molecule has 0 radical (unpaired) electrons. The summed E-state index contributed by atoms with van der Waals surface area (Å²) in [4.78, 5) is 22.3. The summed E-state index contributed by atoms with van der Waals surface area (Å²) in [5, 5.41) is 18.9. The highest BCUT2D eigenvalue weighted by atomic mass is 32.2. The average Bonchev–Trinajstić information content (AvgIpc) is 2.84. The number of carboxylic acids is 1. The molecule has 1 fully saturated rings.